The first kappa shape index (κ1) is 40.6. The first-order chi connectivity index (χ1) is 25.0. The Kier molecular flexibility index (Phi) is 14.5. The van der Waals surface area contributed by atoms with Gasteiger partial charge in [-0.2, -0.15) is 0 Å². The molecule has 4 unspecified atom stereocenters. The summed E-state index contributed by atoms with van der Waals surface area (Å²) in [5.74, 6) is 4.63. The van der Waals surface area contributed by atoms with Crippen LogP contribution in [0.1, 0.15) is 155 Å². The highest BCUT2D eigenvalue weighted by atomic mass is 16.5. The third-order valence-corrected chi connectivity index (χ3v) is 14.3. The standard InChI is InChI=1S/C44H70N2O6/c1-6-8-10-22-45-40(48)18-24-51-34-26-31(27-35(29-34)52-25-19-41(49)46-23-11-9-7-2)42(50)30(3)37-14-15-38-36-13-12-32-28-33(47)16-20-43(32,4)39(36)17-21-44(37,38)5/h26-27,29-30,32,36-39,42,50H,6-25,28H2,1-5H3,(H,45,48)(H,46,49)/t30?,32?,36-,37?,38-,39+,42?,43-,44+/m0/s1. The van der Waals surface area contributed by atoms with Crippen molar-refractivity contribution in [3.63, 3.8) is 0 Å². The van der Waals surface area contributed by atoms with Gasteiger partial charge in [-0.05, 0) is 122 Å². The van der Waals surface area contributed by atoms with E-state index in [4.69, 9.17) is 9.47 Å². The average molecular weight is 723 g/mol. The third-order valence-electron chi connectivity index (χ3n) is 14.3. The van der Waals surface area contributed by atoms with Crippen molar-refractivity contribution in [2.24, 2.45) is 46.3 Å². The Labute approximate surface area is 314 Å². The lowest BCUT2D eigenvalue weighted by Gasteiger charge is -2.60. The van der Waals surface area contributed by atoms with Crippen molar-refractivity contribution in [3.05, 3.63) is 23.8 Å². The molecule has 9 atom stereocenters. The van der Waals surface area contributed by atoms with Crippen LogP contribution >= 0.6 is 0 Å². The highest BCUT2D eigenvalue weighted by molar-refractivity contribution is 5.79. The Hall–Kier alpha value is -2.61. The Morgan fingerprint density at radius 3 is 2.00 bits per heavy atom. The molecule has 1 aromatic rings. The number of ketones is 1. The third kappa shape index (κ3) is 9.54. The van der Waals surface area contributed by atoms with Crippen LogP contribution in [-0.2, 0) is 14.4 Å². The van der Waals surface area contributed by atoms with Gasteiger partial charge in [0.25, 0.3) is 0 Å². The summed E-state index contributed by atoms with van der Waals surface area (Å²) in [6.07, 6.45) is 16.0. The van der Waals surface area contributed by atoms with Crippen molar-refractivity contribution in [2.45, 2.75) is 150 Å². The zero-order valence-corrected chi connectivity index (χ0v) is 33.1. The number of aliphatic hydroxyl groups excluding tert-OH is 1. The second-order valence-corrected chi connectivity index (χ2v) is 17.5. The van der Waals surface area contributed by atoms with Crippen LogP contribution in [0.25, 0.3) is 0 Å². The van der Waals surface area contributed by atoms with Gasteiger partial charge in [-0.1, -0.05) is 60.3 Å². The van der Waals surface area contributed by atoms with Gasteiger partial charge in [0.15, 0.2) is 0 Å². The van der Waals surface area contributed by atoms with E-state index in [-0.39, 0.29) is 49.2 Å². The Bertz CT molecular complexity index is 1300. The minimum atomic E-state index is -0.703. The number of rotatable bonds is 19. The van der Waals surface area contributed by atoms with Gasteiger partial charge in [-0.15, -0.1) is 0 Å². The lowest BCUT2D eigenvalue weighted by Crippen LogP contribution is -2.54. The van der Waals surface area contributed by atoms with E-state index in [0.717, 1.165) is 69.8 Å². The predicted octanol–water partition coefficient (Wildman–Crippen LogP) is 8.73. The molecule has 4 aliphatic rings. The van der Waals surface area contributed by atoms with Crippen molar-refractivity contribution in [1.29, 1.82) is 0 Å². The summed E-state index contributed by atoms with van der Waals surface area (Å²) in [5.41, 5.74) is 1.23. The number of unbranched alkanes of at least 4 members (excludes halogenated alkanes) is 4. The lowest BCUT2D eigenvalue weighted by molar-refractivity contribution is -0.141. The fraction of sp³-hybridized carbons (Fsp3) is 0.795. The zero-order valence-electron chi connectivity index (χ0n) is 33.1. The molecule has 4 fully saturated rings. The van der Waals surface area contributed by atoms with Crippen LogP contribution in [0.4, 0.5) is 0 Å². The minimum Gasteiger partial charge on any atom is -0.493 e. The van der Waals surface area contributed by atoms with Crippen LogP contribution in [0.5, 0.6) is 11.5 Å². The van der Waals surface area contributed by atoms with Crippen molar-refractivity contribution in [3.8, 4) is 11.5 Å². The first-order valence-electron chi connectivity index (χ1n) is 21.1. The number of fused-ring (bicyclic) bond motifs is 5. The summed E-state index contributed by atoms with van der Waals surface area (Å²) < 4.78 is 12.2. The topological polar surface area (TPSA) is 114 Å². The van der Waals surface area contributed by atoms with E-state index < -0.39 is 6.10 Å². The number of hydrogen-bond donors (Lipinski definition) is 3. The highest BCUT2D eigenvalue weighted by Gasteiger charge is 2.61. The van der Waals surface area contributed by atoms with E-state index >= 15 is 0 Å². The fourth-order valence-corrected chi connectivity index (χ4v) is 11.3. The molecule has 5 rings (SSSR count). The molecular formula is C44H70N2O6. The normalized spacial score (nSPS) is 30.7. The maximum atomic E-state index is 12.4. The molecule has 0 aromatic heterocycles. The van der Waals surface area contributed by atoms with Crippen LogP contribution in [0, 0.1) is 46.3 Å². The number of aliphatic hydroxyl groups is 1. The maximum Gasteiger partial charge on any atom is 0.223 e. The number of benzene rings is 1. The minimum absolute atomic E-state index is 0.0273. The van der Waals surface area contributed by atoms with Gasteiger partial charge in [0, 0.05) is 32.0 Å². The molecule has 4 aliphatic carbocycles. The molecule has 292 valence electrons. The zero-order chi connectivity index (χ0) is 37.3. The van der Waals surface area contributed by atoms with E-state index in [1.165, 1.54) is 32.1 Å². The van der Waals surface area contributed by atoms with Gasteiger partial charge in [-0.3, -0.25) is 14.4 Å². The Morgan fingerprint density at radius 2 is 1.40 bits per heavy atom. The maximum absolute atomic E-state index is 12.4. The Balaban J connectivity index is 1.25. The number of Topliss-reactive ketones (excluding diaryl/α,β-unsaturated/α-hetero) is 1. The average Bonchev–Trinajstić information content (AvgIpc) is 3.48. The summed E-state index contributed by atoms with van der Waals surface area (Å²) in [6, 6.07) is 5.63. The fourth-order valence-electron chi connectivity index (χ4n) is 11.3. The predicted molar refractivity (Wildman–Crippen MR) is 206 cm³/mol. The van der Waals surface area contributed by atoms with Crippen molar-refractivity contribution in [2.75, 3.05) is 26.3 Å². The van der Waals surface area contributed by atoms with E-state index in [0.29, 0.717) is 65.4 Å². The Morgan fingerprint density at radius 1 is 0.808 bits per heavy atom. The van der Waals surface area contributed by atoms with E-state index in [1.807, 2.05) is 18.2 Å². The number of ether oxygens (including phenoxy) is 2. The highest BCUT2D eigenvalue weighted by Crippen LogP contribution is 2.68. The number of carbonyl (C=O) groups excluding carboxylic acids is 3. The second kappa shape index (κ2) is 18.6. The molecule has 0 spiro atoms. The molecule has 8 nitrogen and oxygen atoms in total. The van der Waals surface area contributed by atoms with E-state index in [2.05, 4.69) is 45.3 Å². The van der Waals surface area contributed by atoms with Crippen molar-refractivity contribution < 1.29 is 29.0 Å². The molecule has 0 heterocycles. The van der Waals surface area contributed by atoms with Gasteiger partial charge in [-0.25, -0.2) is 0 Å². The number of amides is 2. The molecular weight excluding hydrogens is 652 g/mol. The molecule has 0 aliphatic heterocycles. The molecule has 1 aromatic carbocycles. The van der Waals surface area contributed by atoms with Crippen molar-refractivity contribution in [1.82, 2.24) is 10.6 Å². The monoisotopic (exact) mass is 723 g/mol. The van der Waals surface area contributed by atoms with E-state index in [9.17, 15) is 19.5 Å². The summed E-state index contributed by atoms with van der Waals surface area (Å²) in [4.78, 5) is 37.2. The van der Waals surface area contributed by atoms with E-state index in [1.54, 1.807) is 0 Å². The van der Waals surface area contributed by atoms with Crippen LogP contribution in [0.15, 0.2) is 18.2 Å². The molecule has 2 amide bonds. The molecule has 52 heavy (non-hydrogen) atoms. The van der Waals surface area contributed by atoms with Gasteiger partial charge < -0.3 is 25.2 Å². The first-order valence-corrected chi connectivity index (χ1v) is 21.1. The van der Waals surface area contributed by atoms with Crippen molar-refractivity contribution >= 4 is 17.6 Å². The van der Waals surface area contributed by atoms with Crippen LogP contribution in [0.3, 0.4) is 0 Å². The SMILES string of the molecule is CCCCCNC(=O)CCOc1cc(OCCC(=O)NCCCCC)cc(C(O)C(C)C2CC[C@H]3[C@@H]4CCC5CC(=O)CC[C@]5(C)[C@@H]4CC[C@]23C)c1. The molecule has 0 bridgehead atoms. The number of hydrogen-bond acceptors (Lipinski definition) is 6. The summed E-state index contributed by atoms with van der Waals surface area (Å²) in [6.45, 7) is 13.4. The summed E-state index contributed by atoms with van der Waals surface area (Å²) in [7, 11) is 0. The second-order valence-electron chi connectivity index (χ2n) is 17.5. The molecule has 3 N–H and O–H groups in total. The number of nitrogens with one attached hydrogen (secondary N) is 2. The molecule has 8 heteroatoms. The largest absolute Gasteiger partial charge is 0.493 e. The molecule has 0 saturated heterocycles. The van der Waals surface area contributed by atoms with Crippen LogP contribution < -0.4 is 20.1 Å². The van der Waals surface area contributed by atoms with Crippen LogP contribution in [-0.4, -0.2) is 49.0 Å². The quantitative estimate of drug-likeness (QED) is 0.123. The lowest BCUT2D eigenvalue weighted by atomic mass is 9.44. The smallest absolute Gasteiger partial charge is 0.223 e. The molecule has 0 radical (unpaired) electrons. The number of carbonyl (C=O) groups is 3. The van der Waals surface area contributed by atoms with Gasteiger partial charge >= 0.3 is 0 Å². The molecule has 4 saturated carbocycles. The summed E-state index contributed by atoms with van der Waals surface area (Å²) >= 11 is 0. The van der Waals surface area contributed by atoms with Gasteiger partial charge in [0.1, 0.15) is 17.3 Å². The summed E-state index contributed by atoms with van der Waals surface area (Å²) in [5, 5.41) is 18.0. The van der Waals surface area contributed by atoms with Gasteiger partial charge in [0.2, 0.25) is 11.8 Å². The van der Waals surface area contributed by atoms with Crippen LogP contribution in [0.2, 0.25) is 0 Å². The van der Waals surface area contributed by atoms with Gasteiger partial charge in [0.05, 0.1) is 32.2 Å².